The topological polar surface area (TPSA) is 157 Å². The molecule has 0 aliphatic rings. The van der Waals surface area contributed by atoms with E-state index in [1.807, 2.05) is 0 Å². The summed E-state index contributed by atoms with van der Waals surface area (Å²) < 4.78 is 0. The molecule has 0 spiro atoms. The summed E-state index contributed by atoms with van der Waals surface area (Å²) in [5, 5.41) is 26.7. The molecule has 0 aromatic heterocycles. The summed E-state index contributed by atoms with van der Waals surface area (Å²) in [6.07, 6.45) is -1.81. The Hall–Kier alpha value is -2.20. The Morgan fingerprint density at radius 2 is 1.77 bits per heavy atom. The van der Waals surface area contributed by atoms with E-state index >= 15 is 0 Å². The number of hydrogen-bond acceptors (Lipinski definition) is 6. The molecule has 0 aliphatic heterocycles. The van der Waals surface area contributed by atoms with Crippen molar-refractivity contribution >= 4 is 24.4 Å². The van der Waals surface area contributed by atoms with Crippen molar-refractivity contribution in [3.05, 3.63) is 0 Å². The predicted octanol–water partition coefficient (Wildman–Crippen LogP) is -0.690. The van der Waals surface area contributed by atoms with Gasteiger partial charge in [0.05, 0.1) is 18.2 Å². The molecule has 0 aromatic carbocycles. The first-order valence-electron chi connectivity index (χ1n) is 6.74. The highest BCUT2D eigenvalue weighted by Crippen LogP contribution is 1.97. The van der Waals surface area contributed by atoms with Crippen molar-refractivity contribution in [3.8, 4) is 0 Å². The van der Waals surface area contributed by atoms with Gasteiger partial charge in [0.2, 0.25) is 5.91 Å². The van der Waals surface area contributed by atoms with Gasteiger partial charge in [0.25, 0.3) is 0 Å². The number of imide groups is 1. The molecule has 0 saturated carbocycles. The Kier molecular flexibility index (Phi) is 9.46. The number of rotatable bonds is 10. The van der Waals surface area contributed by atoms with Crippen LogP contribution in [0.4, 0.5) is 9.59 Å². The van der Waals surface area contributed by atoms with Crippen molar-refractivity contribution in [1.29, 1.82) is 0 Å². The number of nitrogens with one attached hydrogen (secondary N) is 4. The minimum Gasteiger partial charge on any atom is -0.465 e. The second-order valence-corrected chi connectivity index (χ2v) is 4.71. The van der Waals surface area contributed by atoms with Crippen LogP contribution < -0.4 is 21.3 Å². The van der Waals surface area contributed by atoms with E-state index < -0.39 is 30.3 Å². The van der Waals surface area contributed by atoms with Crippen molar-refractivity contribution in [3.63, 3.8) is 0 Å². The van der Waals surface area contributed by atoms with Crippen LogP contribution in [0.5, 0.6) is 0 Å². The monoisotopic (exact) mass is 318 g/mol. The molecule has 0 fully saturated rings. The van der Waals surface area contributed by atoms with Crippen LogP contribution in [0.1, 0.15) is 26.7 Å². The van der Waals surface area contributed by atoms with Gasteiger partial charge < -0.3 is 25.6 Å². The molecule has 0 rings (SSSR count). The number of hydrogen-bond donors (Lipinski definition) is 6. The number of carbonyl (C=O) groups is 4. The standard InChI is InChI=1S/C12H22N4O6/c1-7(6-17)13-5-3-4-9(15-11(19)20)14-8(2)10(18)16-12(21)22/h6-9,13-15H,3-5H2,1-2H3,(H,16,18)(H,19,20)(H,21,22)/t7?,8-,9?/m0/s1. The molecule has 2 unspecified atom stereocenters. The van der Waals surface area contributed by atoms with Gasteiger partial charge in [0.1, 0.15) is 6.29 Å². The second-order valence-electron chi connectivity index (χ2n) is 4.71. The van der Waals surface area contributed by atoms with Crippen molar-refractivity contribution in [1.82, 2.24) is 21.3 Å². The quantitative estimate of drug-likeness (QED) is 0.175. The third kappa shape index (κ3) is 9.66. The third-order valence-corrected chi connectivity index (χ3v) is 2.71. The van der Waals surface area contributed by atoms with E-state index in [0.717, 1.165) is 6.29 Å². The van der Waals surface area contributed by atoms with Gasteiger partial charge in [0, 0.05) is 0 Å². The van der Waals surface area contributed by atoms with Crippen molar-refractivity contribution in [2.24, 2.45) is 0 Å². The predicted molar refractivity (Wildman–Crippen MR) is 76.5 cm³/mol. The molecule has 0 aliphatic carbocycles. The first-order chi connectivity index (χ1) is 10.3. The summed E-state index contributed by atoms with van der Waals surface area (Å²) >= 11 is 0. The average molecular weight is 318 g/mol. The fourth-order valence-corrected chi connectivity index (χ4v) is 1.62. The molecular formula is C12H22N4O6. The van der Waals surface area contributed by atoms with Crippen molar-refractivity contribution < 1.29 is 29.4 Å². The van der Waals surface area contributed by atoms with Gasteiger partial charge >= 0.3 is 12.2 Å². The van der Waals surface area contributed by atoms with E-state index in [2.05, 4.69) is 16.0 Å². The summed E-state index contributed by atoms with van der Waals surface area (Å²) in [5.41, 5.74) is 0. The first kappa shape index (κ1) is 19.8. The third-order valence-electron chi connectivity index (χ3n) is 2.71. The molecule has 3 amide bonds. The summed E-state index contributed by atoms with van der Waals surface area (Å²) in [7, 11) is 0. The molecule has 0 aromatic rings. The lowest BCUT2D eigenvalue weighted by Crippen LogP contribution is -2.53. The van der Waals surface area contributed by atoms with Gasteiger partial charge in [-0.1, -0.05) is 0 Å². The number of carbonyl (C=O) groups excluding carboxylic acids is 2. The Morgan fingerprint density at radius 1 is 1.14 bits per heavy atom. The fourth-order valence-electron chi connectivity index (χ4n) is 1.62. The van der Waals surface area contributed by atoms with E-state index in [0.29, 0.717) is 19.4 Å². The maximum absolute atomic E-state index is 11.5. The lowest BCUT2D eigenvalue weighted by atomic mass is 10.2. The smallest absolute Gasteiger partial charge is 0.411 e. The van der Waals surface area contributed by atoms with E-state index in [1.165, 1.54) is 6.92 Å². The van der Waals surface area contributed by atoms with Crippen LogP contribution in [0.25, 0.3) is 0 Å². The fraction of sp³-hybridized carbons (Fsp3) is 0.667. The molecule has 0 saturated heterocycles. The molecule has 10 nitrogen and oxygen atoms in total. The second kappa shape index (κ2) is 10.5. The Balaban J connectivity index is 4.32. The summed E-state index contributed by atoms with van der Waals surface area (Å²) in [4.78, 5) is 43.0. The number of aldehydes is 1. The molecule has 0 bridgehead atoms. The molecule has 126 valence electrons. The van der Waals surface area contributed by atoms with Gasteiger partial charge in [-0.25, -0.2) is 9.59 Å². The lowest BCUT2D eigenvalue weighted by molar-refractivity contribution is -0.122. The minimum atomic E-state index is -1.48. The van der Waals surface area contributed by atoms with E-state index in [9.17, 15) is 19.2 Å². The van der Waals surface area contributed by atoms with Crippen LogP contribution in [0.15, 0.2) is 0 Å². The van der Waals surface area contributed by atoms with E-state index in [1.54, 1.807) is 12.2 Å². The molecule has 22 heavy (non-hydrogen) atoms. The van der Waals surface area contributed by atoms with Crippen LogP contribution >= 0.6 is 0 Å². The zero-order valence-corrected chi connectivity index (χ0v) is 12.5. The summed E-state index contributed by atoms with van der Waals surface area (Å²) in [6.45, 7) is 3.60. The van der Waals surface area contributed by atoms with E-state index in [-0.39, 0.29) is 6.04 Å². The summed E-state index contributed by atoms with van der Waals surface area (Å²) in [5.74, 6) is -0.780. The van der Waals surface area contributed by atoms with Gasteiger partial charge in [0.15, 0.2) is 0 Å². The highest BCUT2D eigenvalue weighted by Gasteiger charge is 2.20. The van der Waals surface area contributed by atoms with Crippen LogP contribution in [0.2, 0.25) is 0 Å². The van der Waals surface area contributed by atoms with Crippen LogP contribution in [-0.4, -0.2) is 59.4 Å². The Morgan fingerprint density at radius 3 is 2.27 bits per heavy atom. The summed E-state index contributed by atoms with van der Waals surface area (Å²) in [6, 6.07) is -1.19. The molecule has 0 radical (unpaired) electrons. The van der Waals surface area contributed by atoms with Crippen LogP contribution in [0.3, 0.4) is 0 Å². The highest BCUT2D eigenvalue weighted by molar-refractivity contribution is 5.93. The number of carboxylic acid groups (broad SMARTS) is 2. The molecule has 6 N–H and O–H groups in total. The minimum absolute atomic E-state index is 0.292. The van der Waals surface area contributed by atoms with Crippen LogP contribution in [-0.2, 0) is 9.59 Å². The maximum Gasteiger partial charge on any atom is 0.411 e. The highest BCUT2D eigenvalue weighted by atomic mass is 16.4. The Labute approximate surface area is 127 Å². The zero-order valence-electron chi connectivity index (χ0n) is 12.5. The average Bonchev–Trinajstić information content (AvgIpc) is 2.41. The maximum atomic E-state index is 11.5. The molecule has 10 heteroatoms. The Bertz CT molecular complexity index is 403. The zero-order chi connectivity index (χ0) is 17.1. The van der Waals surface area contributed by atoms with Gasteiger partial charge in [-0.05, 0) is 33.2 Å². The normalized spacial score (nSPS) is 14.5. The largest absolute Gasteiger partial charge is 0.465 e. The van der Waals surface area contributed by atoms with Gasteiger partial charge in [-0.3, -0.25) is 15.4 Å². The molecule has 0 heterocycles. The van der Waals surface area contributed by atoms with Crippen molar-refractivity contribution in [2.45, 2.75) is 44.9 Å². The van der Waals surface area contributed by atoms with Crippen molar-refractivity contribution in [2.75, 3.05) is 6.54 Å². The SMILES string of the molecule is CC(C=O)NCCCC(NC(=O)O)N[C@@H](C)C(=O)NC(=O)O. The first-order valence-corrected chi connectivity index (χ1v) is 6.74. The van der Waals surface area contributed by atoms with Crippen LogP contribution in [0, 0.1) is 0 Å². The van der Waals surface area contributed by atoms with E-state index in [4.69, 9.17) is 10.2 Å². The lowest BCUT2D eigenvalue weighted by Gasteiger charge is -2.22. The molecule has 3 atom stereocenters. The van der Waals surface area contributed by atoms with Gasteiger partial charge in [-0.2, -0.15) is 0 Å². The number of amides is 3. The molecular weight excluding hydrogens is 296 g/mol. The van der Waals surface area contributed by atoms with Gasteiger partial charge in [-0.15, -0.1) is 0 Å².